The molecule has 1 N–H and O–H groups in total. The molecule has 0 aliphatic carbocycles. The summed E-state index contributed by atoms with van der Waals surface area (Å²) in [7, 11) is 0. The number of nitrogens with one attached hydrogen (secondary N) is 1. The summed E-state index contributed by atoms with van der Waals surface area (Å²) in [5.74, 6) is 0. The summed E-state index contributed by atoms with van der Waals surface area (Å²) in [6, 6.07) is 1.75. The molecule has 0 spiro atoms. The van der Waals surface area contributed by atoms with E-state index < -0.39 is 0 Å². The Kier molecular flexibility index (Phi) is 11.5. The molecular formula is C14H22N4OY. The van der Waals surface area contributed by atoms with Gasteiger partial charge in [-0.25, -0.2) is 14.2 Å². The Hall–Kier alpha value is -0.986. The van der Waals surface area contributed by atoms with E-state index in [0.717, 1.165) is 29.0 Å². The maximum absolute atomic E-state index is 11.5. The SMILES string of the molecule is CC.CC#N.CCc1c[nH]c(=O)n2c(C)c(C)nc12.[Y]. The fourth-order valence-electron chi connectivity index (χ4n) is 1.61. The first-order valence-corrected chi connectivity index (χ1v) is 6.43. The standard InChI is InChI=1S/C10H13N3O.C2H3N.C2H6.Y/c1-4-8-5-11-10(14)13-7(3)6(2)12-9(8)13;1-2-3;1-2;/h5H,4H2,1-3H3,(H,11,14);1H3;1-2H3;. The van der Waals surface area contributed by atoms with Crippen LogP contribution in [0.3, 0.4) is 0 Å². The zero-order chi connectivity index (χ0) is 15.0. The Balaban J connectivity index is 0. The minimum atomic E-state index is -0.115. The molecule has 6 heteroatoms. The molecule has 0 aliphatic heterocycles. The third-order valence-electron chi connectivity index (χ3n) is 2.59. The molecule has 2 heterocycles. The van der Waals surface area contributed by atoms with E-state index in [9.17, 15) is 4.79 Å². The Labute approximate surface area is 145 Å². The van der Waals surface area contributed by atoms with Crippen LogP contribution in [0.1, 0.15) is 44.6 Å². The van der Waals surface area contributed by atoms with Crippen molar-refractivity contribution in [2.24, 2.45) is 0 Å². The summed E-state index contributed by atoms with van der Waals surface area (Å²) < 4.78 is 1.63. The number of rotatable bonds is 1. The number of nitriles is 1. The van der Waals surface area contributed by atoms with E-state index in [1.165, 1.54) is 6.92 Å². The third kappa shape index (κ3) is 4.84. The molecule has 20 heavy (non-hydrogen) atoms. The number of imidazole rings is 1. The average Bonchev–Trinajstić information content (AvgIpc) is 2.71. The van der Waals surface area contributed by atoms with Crippen LogP contribution in [0.15, 0.2) is 11.0 Å². The van der Waals surface area contributed by atoms with Gasteiger partial charge in [-0.1, -0.05) is 20.8 Å². The molecule has 0 atom stereocenters. The largest absolute Gasteiger partial charge is 0.331 e. The van der Waals surface area contributed by atoms with E-state index in [1.807, 2.05) is 34.6 Å². The fourth-order valence-corrected chi connectivity index (χ4v) is 1.61. The van der Waals surface area contributed by atoms with Gasteiger partial charge in [0.25, 0.3) is 0 Å². The number of aromatic nitrogens is 3. The monoisotopic (exact) mass is 351 g/mol. The molecule has 0 amide bonds. The molecule has 2 aromatic rings. The summed E-state index contributed by atoms with van der Waals surface area (Å²) in [4.78, 5) is 18.7. The van der Waals surface area contributed by atoms with Crippen LogP contribution in [0.5, 0.6) is 0 Å². The van der Waals surface area contributed by atoms with Gasteiger partial charge in [-0.3, -0.25) is 0 Å². The molecule has 0 saturated heterocycles. The minimum Gasteiger partial charge on any atom is -0.313 e. The predicted octanol–water partition coefficient (Wildman–Crippen LogP) is 2.76. The summed E-state index contributed by atoms with van der Waals surface area (Å²) >= 11 is 0. The van der Waals surface area contributed by atoms with Gasteiger partial charge < -0.3 is 4.98 Å². The zero-order valence-corrected chi connectivity index (χ0v) is 15.9. The van der Waals surface area contributed by atoms with Crippen molar-refractivity contribution >= 4 is 5.65 Å². The van der Waals surface area contributed by atoms with Crippen LogP contribution in [-0.2, 0) is 39.1 Å². The van der Waals surface area contributed by atoms with Crippen LogP contribution in [0, 0.1) is 25.2 Å². The molecule has 0 aliphatic rings. The first-order chi connectivity index (χ1) is 9.06. The Morgan fingerprint density at radius 1 is 1.40 bits per heavy atom. The fraction of sp³-hybridized carbons (Fsp3) is 0.500. The first-order valence-electron chi connectivity index (χ1n) is 6.43. The number of aromatic amines is 1. The van der Waals surface area contributed by atoms with Crippen molar-refractivity contribution < 1.29 is 32.7 Å². The van der Waals surface area contributed by atoms with E-state index in [1.54, 1.807) is 16.7 Å². The summed E-state index contributed by atoms with van der Waals surface area (Å²) in [6.45, 7) is 11.3. The molecule has 2 aromatic heterocycles. The van der Waals surface area contributed by atoms with Crippen LogP contribution in [0.4, 0.5) is 0 Å². The van der Waals surface area contributed by atoms with Crippen molar-refractivity contribution in [3.8, 4) is 6.07 Å². The number of nitrogens with zero attached hydrogens (tertiary/aromatic N) is 3. The van der Waals surface area contributed by atoms with Gasteiger partial charge in [0, 0.05) is 57.1 Å². The van der Waals surface area contributed by atoms with Crippen molar-refractivity contribution in [2.45, 2.75) is 48.0 Å². The van der Waals surface area contributed by atoms with Gasteiger partial charge in [-0.2, -0.15) is 5.26 Å². The number of hydrogen-bond donors (Lipinski definition) is 1. The predicted molar refractivity (Wildman–Crippen MR) is 77.3 cm³/mol. The number of hydrogen-bond acceptors (Lipinski definition) is 3. The Morgan fingerprint density at radius 2 is 1.90 bits per heavy atom. The molecule has 5 nitrogen and oxygen atoms in total. The van der Waals surface area contributed by atoms with Crippen molar-refractivity contribution in [1.29, 1.82) is 5.26 Å². The second-order valence-corrected chi connectivity index (χ2v) is 3.64. The van der Waals surface area contributed by atoms with Crippen molar-refractivity contribution in [1.82, 2.24) is 14.4 Å². The van der Waals surface area contributed by atoms with Gasteiger partial charge in [-0.15, -0.1) is 0 Å². The summed E-state index contributed by atoms with van der Waals surface area (Å²) in [5, 5.41) is 7.32. The van der Waals surface area contributed by atoms with Gasteiger partial charge in [0.05, 0.1) is 11.8 Å². The van der Waals surface area contributed by atoms with Crippen molar-refractivity contribution in [2.75, 3.05) is 0 Å². The molecule has 107 valence electrons. The molecular weight excluding hydrogens is 329 g/mol. The molecule has 0 aromatic carbocycles. The molecule has 1 radical (unpaired) electrons. The van der Waals surface area contributed by atoms with E-state index in [-0.39, 0.29) is 38.4 Å². The van der Waals surface area contributed by atoms with E-state index >= 15 is 0 Å². The first kappa shape index (κ1) is 21.3. The van der Waals surface area contributed by atoms with Gasteiger partial charge >= 0.3 is 5.69 Å². The second kappa shape index (κ2) is 10.8. The van der Waals surface area contributed by atoms with Gasteiger partial charge in [-0.05, 0) is 20.3 Å². The maximum Gasteiger partial charge on any atom is 0.331 e. The summed E-state index contributed by atoms with van der Waals surface area (Å²) in [6.07, 6.45) is 2.61. The van der Waals surface area contributed by atoms with E-state index in [2.05, 4.69) is 9.97 Å². The van der Waals surface area contributed by atoms with Crippen LogP contribution < -0.4 is 5.69 Å². The van der Waals surface area contributed by atoms with Crippen molar-refractivity contribution in [3.05, 3.63) is 33.6 Å². The van der Waals surface area contributed by atoms with Crippen molar-refractivity contribution in [3.63, 3.8) is 0 Å². The molecule has 0 unspecified atom stereocenters. The van der Waals surface area contributed by atoms with Gasteiger partial charge in [0.1, 0.15) is 5.65 Å². The quantitative estimate of drug-likeness (QED) is 0.859. The van der Waals surface area contributed by atoms with Crippen LogP contribution in [0.2, 0.25) is 0 Å². The number of H-pyrrole nitrogens is 1. The Morgan fingerprint density at radius 3 is 2.35 bits per heavy atom. The average molecular weight is 351 g/mol. The van der Waals surface area contributed by atoms with Gasteiger partial charge in [0.2, 0.25) is 0 Å². The maximum atomic E-state index is 11.5. The zero-order valence-electron chi connectivity index (χ0n) is 13.1. The normalized spacial score (nSPS) is 8.45. The van der Waals surface area contributed by atoms with Gasteiger partial charge in [0.15, 0.2) is 0 Å². The number of fused-ring (bicyclic) bond motifs is 1. The molecule has 0 saturated carbocycles. The summed E-state index contributed by atoms with van der Waals surface area (Å²) in [5.41, 5.74) is 3.57. The smallest absolute Gasteiger partial charge is 0.313 e. The van der Waals surface area contributed by atoms with E-state index in [0.29, 0.717) is 0 Å². The minimum absolute atomic E-state index is 0. The molecule has 0 fully saturated rings. The van der Waals surface area contributed by atoms with Crippen LogP contribution >= 0.6 is 0 Å². The topological polar surface area (TPSA) is 74.0 Å². The second-order valence-electron chi connectivity index (χ2n) is 3.64. The molecule has 2 rings (SSSR count). The third-order valence-corrected chi connectivity index (χ3v) is 2.59. The van der Waals surface area contributed by atoms with E-state index in [4.69, 9.17) is 5.26 Å². The Bertz CT molecular complexity index is 622. The van der Waals surface area contributed by atoms with Crippen LogP contribution in [0.25, 0.3) is 5.65 Å². The van der Waals surface area contributed by atoms with Crippen LogP contribution in [-0.4, -0.2) is 14.4 Å². The number of aryl methyl sites for hydroxylation is 3. The molecule has 0 bridgehead atoms.